The van der Waals surface area contributed by atoms with E-state index in [0.29, 0.717) is 38.1 Å². The van der Waals surface area contributed by atoms with E-state index in [1.165, 1.54) is 36.0 Å². The molecule has 0 saturated heterocycles. The second kappa shape index (κ2) is 8.85. The van der Waals surface area contributed by atoms with E-state index >= 15 is 0 Å². The van der Waals surface area contributed by atoms with Gasteiger partial charge in [-0.3, -0.25) is 9.78 Å². The van der Waals surface area contributed by atoms with Crippen LogP contribution >= 0.6 is 11.3 Å². The lowest BCUT2D eigenvalue weighted by Crippen LogP contribution is -2.13. The number of benzene rings is 2. The predicted molar refractivity (Wildman–Crippen MR) is 132 cm³/mol. The lowest BCUT2D eigenvalue weighted by molar-refractivity contribution is -0.137. The number of aromatic nitrogens is 3. The number of amides is 1. The van der Waals surface area contributed by atoms with Crippen LogP contribution in [0.15, 0.2) is 60.4 Å². The van der Waals surface area contributed by atoms with Crippen molar-refractivity contribution in [3.05, 3.63) is 88.3 Å². The molecule has 0 spiro atoms. The van der Waals surface area contributed by atoms with E-state index in [-0.39, 0.29) is 11.3 Å². The number of alkyl halides is 3. The molecule has 2 aromatic carbocycles. The summed E-state index contributed by atoms with van der Waals surface area (Å²) < 4.78 is 39.4. The van der Waals surface area contributed by atoms with Gasteiger partial charge < -0.3 is 16.2 Å². The quantitative estimate of drug-likeness (QED) is 0.296. The molecule has 36 heavy (non-hydrogen) atoms. The van der Waals surface area contributed by atoms with Gasteiger partial charge in [-0.2, -0.15) is 13.2 Å². The summed E-state index contributed by atoms with van der Waals surface area (Å²) in [4.78, 5) is 25.6. The molecule has 0 radical (unpaired) electrons. The van der Waals surface area contributed by atoms with E-state index in [9.17, 15) is 23.1 Å². The maximum atomic E-state index is 13.2. The molecule has 0 bridgehead atoms. The third-order valence-electron chi connectivity index (χ3n) is 5.86. The Bertz CT molecular complexity index is 1620. The van der Waals surface area contributed by atoms with Crippen molar-refractivity contribution in [1.82, 2.24) is 15.0 Å². The number of thiophene rings is 1. The van der Waals surface area contributed by atoms with Gasteiger partial charge in [-0.15, -0.1) is 11.3 Å². The molecule has 5 rings (SSSR count). The Labute approximate surface area is 206 Å². The van der Waals surface area contributed by atoms with Gasteiger partial charge in [-0.1, -0.05) is 24.3 Å². The summed E-state index contributed by atoms with van der Waals surface area (Å²) in [5.74, 6) is -0.102. The van der Waals surface area contributed by atoms with Crippen molar-refractivity contribution in [2.75, 3.05) is 11.1 Å². The van der Waals surface area contributed by atoms with Gasteiger partial charge in [0.05, 0.1) is 32.7 Å². The molecule has 7 nitrogen and oxygen atoms in total. The number of nitrogen functional groups attached to an aromatic ring is 1. The fraction of sp³-hybridized carbons (Fsp3) is 0.120. The second-order valence-electron chi connectivity index (χ2n) is 8.11. The first kappa shape index (κ1) is 23.6. The Morgan fingerprint density at radius 1 is 1.06 bits per heavy atom. The Kier molecular flexibility index (Phi) is 5.81. The molecule has 0 fully saturated rings. The van der Waals surface area contributed by atoms with Crippen LogP contribution in [-0.2, 0) is 6.18 Å². The van der Waals surface area contributed by atoms with Gasteiger partial charge in [-0.05, 0) is 36.2 Å². The first-order valence-corrected chi connectivity index (χ1v) is 11.6. The summed E-state index contributed by atoms with van der Waals surface area (Å²) in [6.07, 6.45) is -2.97. The molecule has 0 aliphatic carbocycles. The minimum absolute atomic E-state index is 0.254. The maximum Gasteiger partial charge on any atom is 0.416 e. The third-order valence-corrected chi connectivity index (χ3v) is 6.85. The molecule has 1 atom stereocenters. The van der Waals surface area contributed by atoms with Crippen LogP contribution in [0.25, 0.3) is 21.0 Å². The van der Waals surface area contributed by atoms with Gasteiger partial charge in [0.25, 0.3) is 5.91 Å². The lowest BCUT2D eigenvalue weighted by atomic mass is 9.97. The van der Waals surface area contributed by atoms with Gasteiger partial charge in [0.2, 0.25) is 0 Å². The SMILES string of the molecule is Cc1ccc2c(C(O)c3ccc(C(F)(F)F)cc3)nccc2c1NC(=O)c1csc2c(N)ncnc12. The van der Waals surface area contributed by atoms with Crippen molar-refractivity contribution in [2.24, 2.45) is 0 Å². The highest BCUT2D eigenvalue weighted by molar-refractivity contribution is 7.18. The van der Waals surface area contributed by atoms with E-state index in [2.05, 4.69) is 20.3 Å². The molecule has 1 amide bonds. The summed E-state index contributed by atoms with van der Waals surface area (Å²) in [5, 5.41) is 16.7. The second-order valence-corrected chi connectivity index (χ2v) is 8.99. The fourth-order valence-corrected chi connectivity index (χ4v) is 4.90. The standard InChI is InChI=1S/C25H18F3N5O2S/c1-12-2-7-15-16(18(12)33-24(35)17-10-36-22-20(17)31-11-32-23(22)29)8-9-30-19(15)21(34)13-3-5-14(6-4-13)25(26,27)28/h2-11,21,34H,1H3,(H,33,35)(H2,29,31,32). The highest BCUT2D eigenvalue weighted by atomic mass is 32.1. The molecule has 3 heterocycles. The molecule has 1 unspecified atom stereocenters. The highest BCUT2D eigenvalue weighted by Crippen LogP contribution is 2.35. The van der Waals surface area contributed by atoms with Crippen LogP contribution in [0.1, 0.15) is 38.8 Å². The summed E-state index contributed by atoms with van der Waals surface area (Å²) in [5.41, 5.74) is 7.67. The van der Waals surface area contributed by atoms with Gasteiger partial charge in [0.1, 0.15) is 18.2 Å². The van der Waals surface area contributed by atoms with Crippen LogP contribution in [-0.4, -0.2) is 26.0 Å². The Morgan fingerprint density at radius 3 is 2.53 bits per heavy atom. The molecular weight excluding hydrogens is 491 g/mol. The van der Waals surface area contributed by atoms with Crippen molar-refractivity contribution in [3.63, 3.8) is 0 Å². The first-order chi connectivity index (χ1) is 17.1. The largest absolute Gasteiger partial charge is 0.416 e. The number of halogens is 3. The predicted octanol–water partition coefficient (Wildman–Crippen LogP) is 5.48. The number of nitrogens with two attached hydrogens (primary N) is 1. The first-order valence-electron chi connectivity index (χ1n) is 10.7. The number of nitrogens with one attached hydrogen (secondary N) is 1. The van der Waals surface area contributed by atoms with Crippen molar-refractivity contribution in [1.29, 1.82) is 0 Å². The molecule has 11 heteroatoms. The van der Waals surface area contributed by atoms with Crippen LogP contribution in [0.4, 0.5) is 24.7 Å². The lowest BCUT2D eigenvalue weighted by Gasteiger charge is -2.17. The molecule has 4 N–H and O–H groups in total. The van der Waals surface area contributed by atoms with Crippen molar-refractivity contribution in [3.8, 4) is 0 Å². The Balaban J connectivity index is 1.53. The number of fused-ring (bicyclic) bond motifs is 2. The van der Waals surface area contributed by atoms with Crippen LogP contribution in [0.3, 0.4) is 0 Å². The van der Waals surface area contributed by atoms with E-state index < -0.39 is 23.8 Å². The number of rotatable bonds is 4. The van der Waals surface area contributed by atoms with Gasteiger partial charge >= 0.3 is 6.18 Å². The van der Waals surface area contributed by atoms with Crippen LogP contribution in [0.2, 0.25) is 0 Å². The van der Waals surface area contributed by atoms with E-state index in [4.69, 9.17) is 5.73 Å². The van der Waals surface area contributed by atoms with Crippen molar-refractivity contribution < 1.29 is 23.1 Å². The molecule has 182 valence electrons. The molecule has 0 aliphatic heterocycles. The normalized spacial score (nSPS) is 12.7. The van der Waals surface area contributed by atoms with E-state index in [1.54, 1.807) is 23.6 Å². The number of anilines is 2. The highest BCUT2D eigenvalue weighted by Gasteiger charge is 2.30. The maximum absolute atomic E-state index is 13.2. The topological polar surface area (TPSA) is 114 Å². The van der Waals surface area contributed by atoms with E-state index in [1.807, 2.05) is 6.92 Å². The van der Waals surface area contributed by atoms with Crippen LogP contribution in [0, 0.1) is 6.92 Å². The van der Waals surface area contributed by atoms with Gasteiger partial charge in [-0.25, -0.2) is 9.97 Å². The number of pyridine rings is 1. The Morgan fingerprint density at radius 2 is 1.81 bits per heavy atom. The molecule has 0 saturated carbocycles. The van der Waals surface area contributed by atoms with Gasteiger partial charge in [0.15, 0.2) is 0 Å². The number of aryl methyl sites for hydroxylation is 1. The zero-order valence-electron chi connectivity index (χ0n) is 18.7. The summed E-state index contributed by atoms with van der Waals surface area (Å²) in [6.45, 7) is 1.83. The van der Waals surface area contributed by atoms with Crippen LogP contribution < -0.4 is 11.1 Å². The summed E-state index contributed by atoms with van der Waals surface area (Å²) >= 11 is 1.27. The molecule has 5 aromatic rings. The minimum atomic E-state index is -4.47. The summed E-state index contributed by atoms with van der Waals surface area (Å²) in [7, 11) is 0. The summed E-state index contributed by atoms with van der Waals surface area (Å²) in [6, 6.07) is 9.51. The number of nitrogens with zero attached hydrogens (tertiary/aromatic N) is 3. The van der Waals surface area contributed by atoms with Crippen molar-refractivity contribution >= 4 is 49.7 Å². The number of hydrogen-bond donors (Lipinski definition) is 3. The number of aliphatic hydroxyl groups is 1. The number of carbonyl (C=O) groups is 1. The molecule has 0 aliphatic rings. The molecular formula is C25H18F3N5O2S. The number of carbonyl (C=O) groups excluding carboxylic acids is 1. The van der Waals surface area contributed by atoms with Crippen LogP contribution in [0.5, 0.6) is 0 Å². The molecule has 3 aromatic heterocycles. The average Bonchev–Trinajstić information content (AvgIpc) is 3.30. The Hall–Kier alpha value is -4.09. The zero-order chi connectivity index (χ0) is 25.6. The third kappa shape index (κ3) is 4.12. The zero-order valence-corrected chi connectivity index (χ0v) is 19.5. The van der Waals surface area contributed by atoms with Crippen molar-refractivity contribution in [2.45, 2.75) is 19.2 Å². The average molecular weight is 510 g/mol. The van der Waals surface area contributed by atoms with E-state index in [0.717, 1.165) is 17.7 Å². The minimum Gasteiger partial charge on any atom is -0.382 e. The monoisotopic (exact) mass is 509 g/mol. The van der Waals surface area contributed by atoms with Gasteiger partial charge in [0, 0.05) is 22.3 Å². The number of aliphatic hydroxyl groups excluding tert-OH is 1. The smallest absolute Gasteiger partial charge is 0.382 e. The number of hydrogen-bond acceptors (Lipinski definition) is 7. The fourth-order valence-electron chi connectivity index (χ4n) is 3.99.